The summed E-state index contributed by atoms with van der Waals surface area (Å²) in [6, 6.07) is 17.5. The van der Waals surface area contributed by atoms with Crippen molar-refractivity contribution in [2.45, 2.75) is 19.1 Å². The van der Waals surface area contributed by atoms with Gasteiger partial charge in [0.05, 0.1) is 30.4 Å². The second-order valence-electron chi connectivity index (χ2n) is 6.23. The van der Waals surface area contributed by atoms with E-state index in [1.54, 1.807) is 12.1 Å². The van der Waals surface area contributed by atoms with E-state index >= 15 is 0 Å². The molecule has 0 aromatic heterocycles. The van der Waals surface area contributed by atoms with Gasteiger partial charge in [0, 0.05) is 19.6 Å². The molecule has 0 saturated carbocycles. The predicted octanol–water partition coefficient (Wildman–Crippen LogP) is 2.97. The van der Waals surface area contributed by atoms with Crippen molar-refractivity contribution in [3.05, 3.63) is 70.8 Å². The first kappa shape index (κ1) is 16.7. The maximum Gasteiger partial charge on any atom is 0.0991 e. The van der Waals surface area contributed by atoms with E-state index in [-0.39, 0.29) is 6.10 Å². The average Bonchev–Trinajstić information content (AvgIpc) is 2.62. The van der Waals surface area contributed by atoms with Crippen LogP contribution in [-0.2, 0) is 4.74 Å². The Hall–Kier alpha value is -2.19. The van der Waals surface area contributed by atoms with Crippen LogP contribution in [0.1, 0.15) is 34.5 Å². The first-order valence-electron chi connectivity index (χ1n) is 8.25. The Balaban J connectivity index is 1.64. The topological polar surface area (TPSA) is 56.5 Å². The number of nitrogens with zero attached hydrogens (tertiary/aromatic N) is 2. The van der Waals surface area contributed by atoms with Crippen molar-refractivity contribution in [1.29, 1.82) is 5.26 Å². The van der Waals surface area contributed by atoms with Gasteiger partial charge in [-0.15, -0.1) is 0 Å². The van der Waals surface area contributed by atoms with E-state index in [1.165, 1.54) is 11.1 Å². The fraction of sp³-hybridized carbons (Fsp3) is 0.350. The molecule has 1 heterocycles. The summed E-state index contributed by atoms with van der Waals surface area (Å²) in [5.74, 6) is 0. The summed E-state index contributed by atoms with van der Waals surface area (Å²) in [4.78, 5) is 2.24. The lowest BCUT2D eigenvalue weighted by Crippen LogP contribution is -2.40. The Morgan fingerprint density at radius 2 is 2.00 bits per heavy atom. The Morgan fingerprint density at radius 3 is 2.71 bits per heavy atom. The molecule has 0 bridgehead atoms. The van der Waals surface area contributed by atoms with Crippen molar-refractivity contribution in [2.75, 3.05) is 26.2 Å². The van der Waals surface area contributed by atoms with Crippen LogP contribution >= 0.6 is 0 Å². The predicted molar refractivity (Wildman–Crippen MR) is 92.4 cm³/mol. The van der Waals surface area contributed by atoms with Crippen molar-refractivity contribution in [3.63, 3.8) is 0 Å². The summed E-state index contributed by atoms with van der Waals surface area (Å²) >= 11 is 0. The van der Waals surface area contributed by atoms with Crippen molar-refractivity contribution < 1.29 is 9.84 Å². The Kier molecular flexibility index (Phi) is 5.27. The molecule has 2 unspecified atom stereocenters. The summed E-state index contributed by atoms with van der Waals surface area (Å²) in [5, 5.41) is 19.3. The van der Waals surface area contributed by atoms with Crippen LogP contribution in [0.15, 0.2) is 48.5 Å². The molecule has 2 aromatic rings. The number of aliphatic hydroxyl groups excluding tert-OH is 1. The zero-order valence-electron chi connectivity index (χ0n) is 13.9. The maximum atomic E-state index is 10.5. The van der Waals surface area contributed by atoms with Gasteiger partial charge in [0.15, 0.2) is 0 Å². The van der Waals surface area contributed by atoms with Crippen LogP contribution < -0.4 is 0 Å². The summed E-state index contributed by atoms with van der Waals surface area (Å²) in [7, 11) is 0. The number of aryl methyl sites for hydroxylation is 1. The van der Waals surface area contributed by atoms with Crippen LogP contribution in [0.4, 0.5) is 0 Å². The second-order valence-corrected chi connectivity index (χ2v) is 6.23. The van der Waals surface area contributed by atoms with Crippen molar-refractivity contribution in [3.8, 4) is 6.07 Å². The minimum atomic E-state index is -0.562. The van der Waals surface area contributed by atoms with Crippen LogP contribution in [0.3, 0.4) is 0 Å². The lowest BCUT2D eigenvalue weighted by atomic mass is 10.0. The van der Waals surface area contributed by atoms with E-state index in [4.69, 9.17) is 10.00 Å². The van der Waals surface area contributed by atoms with Gasteiger partial charge in [0.1, 0.15) is 0 Å². The molecule has 0 spiro atoms. The Bertz CT molecular complexity index is 721. The quantitative estimate of drug-likeness (QED) is 0.940. The highest BCUT2D eigenvalue weighted by molar-refractivity contribution is 5.32. The molecule has 124 valence electrons. The summed E-state index contributed by atoms with van der Waals surface area (Å²) < 4.78 is 5.93. The van der Waals surface area contributed by atoms with Crippen LogP contribution in [0.2, 0.25) is 0 Å². The fourth-order valence-corrected chi connectivity index (χ4v) is 3.13. The molecule has 0 radical (unpaired) electrons. The van der Waals surface area contributed by atoms with Crippen LogP contribution in [0.25, 0.3) is 0 Å². The minimum absolute atomic E-state index is 0.0492. The number of β-amino-alcohol motifs (C(OH)–C–C–N with tert-alkyl or cyclic N) is 1. The third kappa shape index (κ3) is 3.82. The van der Waals surface area contributed by atoms with E-state index in [2.05, 4.69) is 30.0 Å². The van der Waals surface area contributed by atoms with Gasteiger partial charge in [-0.1, -0.05) is 36.4 Å². The van der Waals surface area contributed by atoms with E-state index in [1.807, 2.05) is 24.3 Å². The minimum Gasteiger partial charge on any atom is -0.387 e. The Morgan fingerprint density at radius 1 is 1.25 bits per heavy atom. The van der Waals surface area contributed by atoms with Gasteiger partial charge in [0.2, 0.25) is 0 Å². The lowest BCUT2D eigenvalue weighted by Gasteiger charge is -2.34. The summed E-state index contributed by atoms with van der Waals surface area (Å²) in [6.07, 6.45) is -0.513. The second kappa shape index (κ2) is 7.59. The number of hydrogen-bond acceptors (Lipinski definition) is 4. The molecule has 1 N–H and O–H groups in total. The van der Waals surface area contributed by atoms with E-state index in [9.17, 15) is 5.11 Å². The molecular weight excluding hydrogens is 300 g/mol. The zero-order valence-corrected chi connectivity index (χ0v) is 13.9. The summed E-state index contributed by atoms with van der Waals surface area (Å²) in [6.45, 7) is 4.92. The highest BCUT2D eigenvalue weighted by atomic mass is 16.5. The van der Waals surface area contributed by atoms with Crippen molar-refractivity contribution in [2.24, 2.45) is 0 Å². The molecule has 4 heteroatoms. The molecule has 1 saturated heterocycles. The van der Waals surface area contributed by atoms with Gasteiger partial charge in [-0.3, -0.25) is 4.90 Å². The third-order valence-electron chi connectivity index (χ3n) is 4.54. The van der Waals surface area contributed by atoms with Crippen LogP contribution in [-0.4, -0.2) is 36.2 Å². The van der Waals surface area contributed by atoms with E-state index in [0.29, 0.717) is 18.7 Å². The normalized spacial score (nSPS) is 19.6. The summed E-state index contributed by atoms with van der Waals surface area (Å²) in [5.41, 5.74) is 3.90. The number of rotatable bonds is 4. The molecular formula is C20H22N2O2. The standard InChI is InChI=1S/C20H22N2O2/c1-15-4-2-3-5-18(15)20-14-22(10-11-24-20)13-19(23)17-8-6-16(12-21)7-9-17/h2-9,19-20,23H,10-11,13-14H2,1H3. The monoisotopic (exact) mass is 322 g/mol. The number of aliphatic hydroxyl groups is 1. The molecule has 1 fully saturated rings. The van der Waals surface area contributed by atoms with Gasteiger partial charge in [-0.05, 0) is 35.7 Å². The first-order valence-corrected chi connectivity index (χ1v) is 8.25. The number of hydrogen-bond donors (Lipinski definition) is 1. The first-order chi connectivity index (χ1) is 11.7. The maximum absolute atomic E-state index is 10.5. The Labute approximate surface area is 142 Å². The van der Waals surface area contributed by atoms with Gasteiger partial charge in [-0.2, -0.15) is 5.26 Å². The molecule has 4 nitrogen and oxygen atoms in total. The van der Waals surface area contributed by atoms with Crippen LogP contribution in [0, 0.1) is 18.3 Å². The fourth-order valence-electron chi connectivity index (χ4n) is 3.13. The van der Waals surface area contributed by atoms with Gasteiger partial charge in [0.25, 0.3) is 0 Å². The lowest BCUT2D eigenvalue weighted by molar-refractivity contribution is -0.0426. The molecule has 1 aliphatic rings. The van der Waals surface area contributed by atoms with Gasteiger partial charge >= 0.3 is 0 Å². The van der Waals surface area contributed by atoms with Crippen LogP contribution in [0.5, 0.6) is 0 Å². The molecule has 3 rings (SSSR count). The molecule has 0 aliphatic carbocycles. The SMILES string of the molecule is Cc1ccccc1C1CN(CC(O)c2ccc(C#N)cc2)CCO1. The van der Waals surface area contributed by atoms with E-state index < -0.39 is 6.10 Å². The highest BCUT2D eigenvalue weighted by Crippen LogP contribution is 2.26. The van der Waals surface area contributed by atoms with E-state index in [0.717, 1.165) is 18.7 Å². The molecule has 24 heavy (non-hydrogen) atoms. The molecule has 1 aliphatic heterocycles. The van der Waals surface area contributed by atoms with Gasteiger partial charge < -0.3 is 9.84 Å². The highest BCUT2D eigenvalue weighted by Gasteiger charge is 2.24. The largest absolute Gasteiger partial charge is 0.387 e. The number of morpholine rings is 1. The van der Waals surface area contributed by atoms with Crippen molar-refractivity contribution >= 4 is 0 Å². The number of ether oxygens (including phenoxy) is 1. The molecule has 2 atom stereocenters. The van der Waals surface area contributed by atoms with Gasteiger partial charge in [-0.25, -0.2) is 0 Å². The molecule has 2 aromatic carbocycles. The van der Waals surface area contributed by atoms with Crippen molar-refractivity contribution in [1.82, 2.24) is 4.90 Å². The molecule has 0 amide bonds. The smallest absolute Gasteiger partial charge is 0.0991 e. The number of benzene rings is 2. The number of nitriles is 1. The zero-order chi connectivity index (χ0) is 16.9. The average molecular weight is 322 g/mol. The third-order valence-corrected chi connectivity index (χ3v) is 4.54.